The lowest BCUT2D eigenvalue weighted by Gasteiger charge is -2.06. The zero-order valence-electron chi connectivity index (χ0n) is 19.2. The van der Waals surface area contributed by atoms with Crippen molar-refractivity contribution in [2.45, 2.75) is 37.2 Å². The molecule has 6 nitrogen and oxygen atoms in total. The van der Waals surface area contributed by atoms with Gasteiger partial charge >= 0.3 is 5.97 Å². The fourth-order valence-corrected chi connectivity index (χ4v) is 6.28. The first-order valence-electron chi connectivity index (χ1n) is 10.4. The van der Waals surface area contributed by atoms with E-state index >= 15 is 0 Å². The first-order valence-corrected chi connectivity index (χ1v) is 12.9. The molecule has 1 aromatic carbocycles. The lowest BCUT2D eigenvalue weighted by molar-refractivity contribution is 0.0591. The summed E-state index contributed by atoms with van der Waals surface area (Å²) in [5, 5.41) is 6.52. The van der Waals surface area contributed by atoms with Crippen LogP contribution in [-0.2, 0) is 4.74 Å². The number of thiazole rings is 1. The number of pyridine rings is 1. The van der Waals surface area contributed by atoms with E-state index in [9.17, 15) is 4.79 Å². The number of halogens is 2. The molecule has 0 aliphatic carbocycles. The third kappa shape index (κ3) is 4.86. The predicted molar refractivity (Wildman–Crippen MR) is 140 cm³/mol. The number of aryl methyl sites for hydroxylation is 2. The number of ether oxygens (including phenoxy) is 1. The van der Waals surface area contributed by atoms with E-state index in [4.69, 9.17) is 38.0 Å². The van der Waals surface area contributed by atoms with E-state index in [0.717, 1.165) is 26.7 Å². The van der Waals surface area contributed by atoms with Crippen molar-refractivity contribution in [3.8, 4) is 27.5 Å². The van der Waals surface area contributed by atoms with E-state index in [1.807, 2.05) is 32.0 Å². The molecule has 3 aromatic heterocycles. The van der Waals surface area contributed by atoms with Crippen molar-refractivity contribution in [3.05, 3.63) is 63.7 Å². The van der Waals surface area contributed by atoms with Gasteiger partial charge in [-0.25, -0.2) is 9.78 Å². The Kier molecular flexibility index (Phi) is 7.33. The molecule has 176 valence electrons. The zero-order chi connectivity index (χ0) is 24.6. The van der Waals surface area contributed by atoms with E-state index in [2.05, 4.69) is 18.8 Å². The van der Waals surface area contributed by atoms with Crippen LogP contribution in [0.25, 0.3) is 27.5 Å². The fourth-order valence-electron chi connectivity index (χ4n) is 3.50. The lowest BCUT2D eigenvalue weighted by Crippen LogP contribution is -2.11. The molecule has 0 bridgehead atoms. The summed E-state index contributed by atoms with van der Waals surface area (Å²) in [5.74, 6) is -0.491. The Balaban J connectivity index is 1.94. The Morgan fingerprint density at radius 3 is 2.53 bits per heavy atom. The maximum absolute atomic E-state index is 13.0. The monoisotopic (exact) mass is 532 g/mol. The second-order valence-corrected chi connectivity index (χ2v) is 11.5. The smallest absolute Gasteiger partial charge is 0.357 e. The molecule has 4 aromatic rings. The Hall–Kier alpha value is -2.39. The quantitative estimate of drug-likeness (QED) is 0.192. The van der Waals surface area contributed by atoms with Crippen LogP contribution in [0.15, 0.2) is 40.7 Å². The van der Waals surface area contributed by atoms with Crippen LogP contribution in [0.2, 0.25) is 10.0 Å². The van der Waals surface area contributed by atoms with Crippen molar-refractivity contribution < 1.29 is 9.53 Å². The molecule has 34 heavy (non-hydrogen) atoms. The van der Waals surface area contributed by atoms with Crippen LogP contribution in [0.5, 0.6) is 0 Å². The van der Waals surface area contributed by atoms with Gasteiger partial charge in [-0.2, -0.15) is 9.78 Å². The largest absolute Gasteiger partial charge is 0.464 e. The standard InChI is InChI=1S/C24H22Cl2N4O2S2/c1-12(2)33-23-20(16-6-7-17(25)18(26)11-16)28-24(34-23)30-21(22(31)32-5)19(14(4)29-30)15-8-9-27-13(3)10-15/h6-12H,1-5H3. The minimum atomic E-state index is -0.491. The number of aromatic nitrogens is 4. The van der Waals surface area contributed by atoms with Crippen LogP contribution >= 0.6 is 46.3 Å². The summed E-state index contributed by atoms with van der Waals surface area (Å²) >= 11 is 15.6. The van der Waals surface area contributed by atoms with Crippen LogP contribution in [0.4, 0.5) is 0 Å². The predicted octanol–water partition coefficient (Wildman–Crippen LogP) is 7.27. The van der Waals surface area contributed by atoms with Gasteiger partial charge < -0.3 is 4.74 Å². The van der Waals surface area contributed by atoms with Gasteiger partial charge in [0.2, 0.25) is 5.13 Å². The van der Waals surface area contributed by atoms with Crippen LogP contribution in [-0.4, -0.2) is 38.1 Å². The van der Waals surface area contributed by atoms with Crippen LogP contribution in [0.1, 0.15) is 35.7 Å². The Labute approximate surface area is 216 Å². The molecule has 0 aliphatic rings. The fraction of sp³-hybridized carbons (Fsp3) is 0.250. The number of rotatable bonds is 6. The van der Waals surface area contributed by atoms with Crippen molar-refractivity contribution in [1.29, 1.82) is 0 Å². The van der Waals surface area contributed by atoms with Gasteiger partial charge in [-0.1, -0.05) is 54.5 Å². The lowest BCUT2D eigenvalue weighted by atomic mass is 10.0. The minimum Gasteiger partial charge on any atom is -0.464 e. The number of carbonyl (C=O) groups is 1. The molecule has 0 unspecified atom stereocenters. The molecule has 10 heteroatoms. The maximum Gasteiger partial charge on any atom is 0.357 e. The van der Waals surface area contributed by atoms with E-state index < -0.39 is 5.97 Å². The summed E-state index contributed by atoms with van der Waals surface area (Å²) in [5.41, 5.74) is 5.00. The summed E-state index contributed by atoms with van der Waals surface area (Å²) in [6.07, 6.45) is 1.71. The molecule has 3 heterocycles. The highest BCUT2D eigenvalue weighted by atomic mass is 35.5. The van der Waals surface area contributed by atoms with Gasteiger partial charge in [0, 0.05) is 28.3 Å². The number of carbonyl (C=O) groups excluding carboxylic acids is 1. The average Bonchev–Trinajstić information content (AvgIpc) is 3.35. The number of nitrogens with zero attached hydrogens (tertiary/aromatic N) is 4. The van der Waals surface area contributed by atoms with Gasteiger partial charge in [-0.3, -0.25) is 4.98 Å². The van der Waals surface area contributed by atoms with E-state index in [1.54, 1.807) is 34.8 Å². The second kappa shape index (κ2) is 10.1. The Bertz CT molecular complexity index is 1380. The van der Waals surface area contributed by atoms with Crippen molar-refractivity contribution in [2.24, 2.45) is 0 Å². The maximum atomic E-state index is 13.0. The van der Waals surface area contributed by atoms with Crippen molar-refractivity contribution in [1.82, 2.24) is 19.7 Å². The Morgan fingerprint density at radius 1 is 1.12 bits per heavy atom. The van der Waals surface area contributed by atoms with Gasteiger partial charge in [0.25, 0.3) is 0 Å². The average molecular weight is 534 g/mol. The number of benzene rings is 1. The van der Waals surface area contributed by atoms with Gasteiger partial charge in [0.05, 0.1) is 32.8 Å². The topological polar surface area (TPSA) is 69.9 Å². The van der Waals surface area contributed by atoms with Crippen LogP contribution in [0, 0.1) is 13.8 Å². The molecule has 0 radical (unpaired) electrons. The highest BCUT2D eigenvalue weighted by molar-refractivity contribution is 8.01. The number of hydrogen-bond donors (Lipinski definition) is 0. The SMILES string of the molecule is COC(=O)c1c(-c2ccnc(C)c2)c(C)nn1-c1nc(-c2ccc(Cl)c(Cl)c2)c(SC(C)C)s1. The number of esters is 1. The number of methoxy groups -OCH3 is 1. The molecule has 0 amide bonds. The molecule has 4 rings (SSSR count). The first kappa shape index (κ1) is 24.7. The summed E-state index contributed by atoms with van der Waals surface area (Å²) in [7, 11) is 1.36. The number of hydrogen-bond acceptors (Lipinski definition) is 7. The summed E-state index contributed by atoms with van der Waals surface area (Å²) in [6.45, 7) is 8.00. The molecule has 0 spiro atoms. The summed E-state index contributed by atoms with van der Waals surface area (Å²) < 4.78 is 7.71. The normalized spacial score (nSPS) is 11.3. The third-order valence-electron chi connectivity index (χ3n) is 4.93. The van der Waals surface area contributed by atoms with Crippen molar-refractivity contribution >= 4 is 52.3 Å². The first-order chi connectivity index (χ1) is 16.2. The van der Waals surface area contributed by atoms with Gasteiger partial charge in [-0.15, -0.1) is 11.8 Å². The van der Waals surface area contributed by atoms with Gasteiger partial charge in [0.15, 0.2) is 5.69 Å². The molecular formula is C24H22Cl2N4O2S2. The van der Waals surface area contributed by atoms with E-state index in [1.165, 1.54) is 18.4 Å². The Morgan fingerprint density at radius 2 is 1.88 bits per heavy atom. The minimum absolute atomic E-state index is 0.320. The van der Waals surface area contributed by atoms with E-state index in [0.29, 0.717) is 37.4 Å². The summed E-state index contributed by atoms with van der Waals surface area (Å²) in [6, 6.07) is 9.22. The van der Waals surface area contributed by atoms with Crippen molar-refractivity contribution in [3.63, 3.8) is 0 Å². The van der Waals surface area contributed by atoms with E-state index in [-0.39, 0.29) is 0 Å². The molecule has 0 fully saturated rings. The van der Waals surface area contributed by atoms with Gasteiger partial charge in [-0.05, 0) is 43.7 Å². The molecule has 0 saturated carbocycles. The second-order valence-electron chi connectivity index (χ2n) is 7.83. The third-order valence-corrected chi connectivity index (χ3v) is 7.91. The van der Waals surface area contributed by atoms with Crippen LogP contribution < -0.4 is 0 Å². The molecule has 0 aliphatic heterocycles. The highest BCUT2D eigenvalue weighted by Crippen LogP contribution is 2.42. The molecular weight excluding hydrogens is 511 g/mol. The highest BCUT2D eigenvalue weighted by Gasteiger charge is 2.27. The molecule has 0 atom stereocenters. The number of thioether (sulfide) groups is 1. The van der Waals surface area contributed by atoms with Gasteiger partial charge in [0.1, 0.15) is 0 Å². The molecule has 0 saturated heterocycles. The molecule has 0 N–H and O–H groups in total. The summed E-state index contributed by atoms with van der Waals surface area (Å²) in [4.78, 5) is 22.1. The van der Waals surface area contributed by atoms with Crippen molar-refractivity contribution in [2.75, 3.05) is 7.11 Å². The van der Waals surface area contributed by atoms with Crippen LogP contribution in [0.3, 0.4) is 0 Å². The zero-order valence-corrected chi connectivity index (χ0v) is 22.4.